The molecule has 40 heavy (non-hydrogen) atoms. The van der Waals surface area contributed by atoms with Crippen molar-refractivity contribution in [2.24, 2.45) is 0 Å². The van der Waals surface area contributed by atoms with Crippen LogP contribution in [0.15, 0.2) is 121 Å². The maximum Gasteiger partial charge on any atom is 0.123 e. The summed E-state index contributed by atoms with van der Waals surface area (Å²) in [7, 11) is 1.68. The van der Waals surface area contributed by atoms with Gasteiger partial charge in [0, 0.05) is 16.5 Å². The summed E-state index contributed by atoms with van der Waals surface area (Å²) in [6.45, 7) is 2.22. The molecule has 0 heterocycles. The molecule has 0 aromatic heterocycles. The van der Waals surface area contributed by atoms with Crippen LogP contribution < -0.4 is 4.74 Å². The summed E-state index contributed by atoms with van der Waals surface area (Å²) in [4.78, 5) is 0. The minimum Gasteiger partial charge on any atom is -0.507 e. The first-order chi connectivity index (χ1) is 19.6. The standard InChI is InChI=1S/C37H36O3/c1-3-4-11-24-37(29-16-20-32(40-2)21-17-29,30-18-22-35(38)33(25-30)27-12-7-5-8-13-27)31-19-23-36(39)34(26-31)28-14-9-6-10-15-28/h5-10,12-23,25-26,38-39H,3-4,11,24H2,1-2H3. The number of hydrogen-bond acceptors (Lipinski definition) is 3. The van der Waals surface area contributed by atoms with Gasteiger partial charge in [-0.3, -0.25) is 0 Å². The van der Waals surface area contributed by atoms with E-state index in [0.29, 0.717) is 0 Å². The molecule has 0 fully saturated rings. The van der Waals surface area contributed by atoms with Gasteiger partial charge in [-0.1, -0.05) is 111 Å². The third-order valence-electron chi connectivity index (χ3n) is 7.89. The van der Waals surface area contributed by atoms with Gasteiger partial charge in [0.25, 0.3) is 0 Å². The second-order valence-electron chi connectivity index (χ2n) is 10.3. The molecule has 2 N–H and O–H groups in total. The fraction of sp³-hybridized carbons (Fsp3) is 0.189. The van der Waals surface area contributed by atoms with Crippen LogP contribution in [0.2, 0.25) is 0 Å². The number of ether oxygens (including phenoxy) is 1. The summed E-state index contributed by atoms with van der Waals surface area (Å²) >= 11 is 0. The van der Waals surface area contributed by atoms with E-state index in [0.717, 1.165) is 70.4 Å². The normalized spacial score (nSPS) is 11.3. The SMILES string of the molecule is CCCCCC(c1ccc(OC)cc1)(c1ccc(O)c(-c2ccccc2)c1)c1ccc(O)c(-c2ccccc2)c1. The minimum atomic E-state index is -0.532. The second kappa shape index (κ2) is 12.1. The zero-order valence-electron chi connectivity index (χ0n) is 23.2. The highest BCUT2D eigenvalue weighted by molar-refractivity contribution is 5.74. The average molecular weight is 529 g/mol. The lowest BCUT2D eigenvalue weighted by Gasteiger charge is -2.37. The van der Waals surface area contributed by atoms with Crippen molar-refractivity contribution >= 4 is 0 Å². The van der Waals surface area contributed by atoms with E-state index in [1.807, 2.05) is 97.1 Å². The molecule has 0 unspecified atom stereocenters. The van der Waals surface area contributed by atoms with E-state index in [1.54, 1.807) is 7.11 Å². The Hall–Kier alpha value is -4.50. The smallest absolute Gasteiger partial charge is 0.123 e. The van der Waals surface area contributed by atoms with Gasteiger partial charge < -0.3 is 14.9 Å². The van der Waals surface area contributed by atoms with E-state index in [2.05, 4.69) is 31.2 Å². The highest BCUT2D eigenvalue weighted by atomic mass is 16.5. The van der Waals surface area contributed by atoms with Crippen LogP contribution in [0.25, 0.3) is 22.3 Å². The number of unbranched alkanes of at least 4 members (excludes halogenated alkanes) is 2. The lowest BCUT2D eigenvalue weighted by Crippen LogP contribution is -2.29. The van der Waals surface area contributed by atoms with E-state index < -0.39 is 5.41 Å². The average Bonchev–Trinajstić information content (AvgIpc) is 3.01. The van der Waals surface area contributed by atoms with Gasteiger partial charge in [-0.25, -0.2) is 0 Å². The fourth-order valence-corrected chi connectivity index (χ4v) is 5.75. The van der Waals surface area contributed by atoms with E-state index >= 15 is 0 Å². The summed E-state index contributed by atoms with van der Waals surface area (Å²) in [5.74, 6) is 1.31. The highest BCUT2D eigenvalue weighted by Crippen LogP contribution is 2.48. The first-order valence-electron chi connectivity index (χ1n) is 14.0. The predicted octanol–water partition coefficient (Wildman–Crippen LogP) is 9.36. The number of hydrogen-bond donors (Lipinski definition) is 2. The van der Waals surface area contributed by atoms with Gasteiger partial charge in [0.2, 0.25) is 0 Å². The van der Waals surface area contributed by atoms with Crippen LogP contribution in [0.1, 0.15) is 49.3 Å². The number of phenols is 2. The molecule has 5 rings (SSSR count). The maximum absolute atomic E-state index is 11.0. The number of benzene rings is 5. The molecule has 0 saturated heterocycles. The van der Waals surface area contributed by atoms with Crippen molar-refractivity contribution < 1.29 is 14.9 Å². The van der Waals surface area contributed by atoms with Crippen LogP contribution in [0.4, 0.5) is 0 Å². The van der Waals surface area contributed by atoms with Crippen LogP contribution in [-0.2, 0) is 5.41 Å². The van der Waals surface area contributed by atoms with Gasteiger partial charge >= 0.3 is 0 Å². The molecule has 0 aliphatic heterocycles. The topological polar surface area (TPSA) is 49.7 Å². The van der Waals surface area contributed by atoms with Crippen molar-refractivity contribution in [3.05, 3.63) is 138 Å². The third kappa shape index (κ3) is 5.33. The molecule has 5 aromatic rings. The van der Waals surface area contributed by atoms with E-state index in [-0.39, 0.29) is 11.5 Å². The maximum atomic E-state index is 11.0. The van der Waals surface area contributed by atoms with Crippen molar-refractivity contribution in [1.82, 2.24) is 0 Å². The summed E-state index contributed by atoms with van der Waals surface area (Å²) in [5, 5.41) is 21.9. The number of phenolic OH excluding ortho intramolecular Hbond substituents is 2. The van der Waals surface area contributed by atoms with Crippen LogP contribution in [-0.4, -0.2) is 17.3 Å². The van der Waals surface area contributed by atoms with Gasteiger partial charge in [-0.05, 0) is 70.6 Å². The van der Waals surface area contributed by atoms with Crippen molar-refractivity contribution in [2.45, 2.75) is 38.0 Å². The molecule has 0 aliphatic carbocycles. The van der Waals surface area contributed by atoms with Crippen molar-refractivity contribution in [2.75, 3.05) is 7.11 Å². The van der Waals surface area contributed by atoms with Gasteiger partial charge in [0.1, 0.15) is 17.2 Å². The summed E-state index contributed by atoms with van der Waals surface area (Å²) < 4.78 is 5.51. The van der Waals surface area contributed by atoms with E-state index in [4.69, 9.17) is 4.74 Å². The summed E-state index contributed by atoms with van der Waals surface area (Å²) in [5.41, 5.74) is 6.33. The van der Waals surface area contributed by atoms with Crippen molar-refractivity contribution in [3.8, 4) is 39.5 Å². The summed E-state index contributed by atoms with van der Waals surface area (Å²) in [6, 6.07) is 40.4. The summed E-state index contributed by atoms with van der Waals surface area (Å²) in [6.07, 6.45) is 4.09. The second-order valence-corrected chi connectivity index (χ2v) is 10.3. The molecule has 202 valence electrons. The van der Waals surface area contributed by atoms with Gasteiger partial charge in [0.05, 0.1) is 7.11 Å². The Balaban J connectivity index is 1.80. The molecule has 0 amide bonds. The fourth-order valence-electron chi connectivity index (χ4n) is 5.75. The van der Waals surface area contributed by atoms with Crippen LogP contribution in [0.3, 0.4) is 0 Å². The minimum absolute atomic E-state index is 0.253. The first-order valence-corrected chi connectivity index (χ1v) is 14.0. The van der Waals surface area contributed by atoms with Gasteiger partial charge in [-0.15, -0.1) is 0 Å². The quantitative estimate of drug-likeness (QED) is 0.140. The molecular weight excluding hydrogens is 492 g/mol. The molecule has 0 bridgehead atoms. The monoisotopic (exact) mass is 528 g/mol. The molecule has 0 atom stereocenters. The Morgan fingerprint density at radius 2 is 1.05 bits per heavy atom. The molecule has 5 aromatic carbocycles. The lowest BCUT2D eigenvalue weighted by atomic mass is 9.65. The molecule has 0 spiro atoms. The third-order valence-corrected chi connectivity index (χ3v) is 7.89. The molecule has 3 heteroatoms. The number of aromatic hydroxyl groups is 2. The Bertz CT molecular complexity index is 1450. The highest BCUT2D eigenvalue weighted by Gasteiger charge is 2.37. The lowest BCUT2D eigenvalue weighted by molar-refractivity contribution is 0.414. The molecule has 0 radical (unpaired) electrons. The van der Waals surface area contributed by atoms with Crippen molar-refractivity contribution in [1.29, 1.82) is 0 Å². The Morgan fingerprint density at radius 3 is 1.50 bits per heavy atom. The Morgan fingerprint density at radius 1 is 0.575 bits per heavy atom. The van der Waals surface area contributed by atoms with Crippen molar-refractivity contribution in [3.63, 3.8) is 0 Å². The van der Waals surface area contributed by atoms with E-state index in [1.165, 1.54) is 0 Å². The van der Waals surface area contributed by atoms with E-state index in [9.17, 15) is 10.2 Å². The zero-order chi connectivity index (χ0) is 28.0. The Labute approximate surface area is 237 Å². The first kappa shape index (κ1) is 27.1. The van der Waals surface area contributed by atoms with Gasteiger partial charge in [0.15, 0.2) is 0 Å². The molecule has 0 aliphatic rings. The Kier molecular flexibility index (Phi) is 8.21. The predicted molar refractivity (Wildman–Crippen MR) is 164 cm³/mol. The molecular formula is C37H36O3. The molecule has 3 nitrogen and oxygen atoms in total. The number of methoxy groups -OCH3 is 1. The van der Waals surface area contributed by atoms with Crippen LogP contribution >= 0.6 is 0 Å². The largest absolute Gasteiger partial charge is 0.507 e. The number of rotatable bonds is 10. The van der Waals surface area contributed by atoms with Crippen LogP contribution in [0, 0.1) is 0 Å². The van der Waals surface area contributed by atoms with Gasteiger partial charge in [-0.2, -0.15) is 0 Å². The van der Waals surface area contributed by atoms with Crippen LogP contribution in [0.5, 0.6) is 17.2 Å². The molecule has 0 saturated carbocycles. The zero-order valence-corrected chi connectivity index (χ0v) is 23.2.